The van der Waals surface area contributed by atoms with Crippen LogP contribution in [0.2, 0.25) is 5.02 Å². The molecule has 1 aliphatic heterocycles. The molecule has 2 heterocycles. The minimum absolute atomic E-state index is 0.0516. The summed E-state index contributed by atoms with van der Waals surface area (Å²) in [5.74, 6) is 0. The molecule has 0 bridgehead atoms. The number of pyridine rings is 1. The van der Waals surface area contributed by atoms with Crippen LogP contribution in [0.4, 0.5) is 44.3 Å². The second kappa shape index (κ2) is 7.65. The summed E-state index contributed by atoms with van der Waals surface area (Å²) in [7, 11) is 0. The number of carbonyl (C=O) groups excluding carboxylic acids is 1. The highest BCUT2D eigenvalue weighted by Crippen LogP contribution is 2.58. The van der Waals surface area contributed by atoms with E-state index in [0.29, 0.717) is 18.2 Å². The molecule has 2 aromatic rings. The Labute approximate surface area is 190 Å². The molecule has 1 amide bonds. The maximum atomic E-state index is 13.3. The number of halogens is 10. The first-order chi connectivity index (χ1) is 15.5. The summed E-state index contributed by atoms with van der Waals surface area (Å²) in [4.78, 5) is 16.9. The fraction of sp³-hybridized carbons (Fsp3) is 0.400. The summed E-state index contributed by atoms with van der Waals surface area (Å²) < 4.78 is 124. The van der Waals surface area contributed by atoms with Crippen LogP contribution < -0.4 is 0 Å². The molecule has 2 aliphatic rings. The van der Waals surface area contributed by atoms with Crippen LogP contribution in [0.25, 0.3) is 0 Å². The standard InChI is InChI=1S/C20H12ClF9N2O2/c21-12-1-2-14(20(28,29)30)31-13(12)8-32-16(33)34-15(17(32)3-4-17)9-5-10(18(22,23)24)7-11(6-9)19(25,26)27/h1-2,5-7,15H,3-4,8H2. The molecular weight excluding hydrogens is 507 g/mol. The molecule has 1 atom stereocenters. The van der Waals surface area contributed by atoms with Crippen molar-refractivity contribution in [2.24, 2.45) is 0 Å². The fourth-order valence-corrected chi connectivity index (χ4v) is 4.06. The summed E-state index contributed by atoms with van der Waals surface area (Å²) in [5, 5.41) is -0.210. The van der Waals surface area contributed by atoms with E-state index in [1.807, 2.05) is 0 Å². The third-order valence-electron chi connectivity index (χ3n) is 5.66. The predicted molar refractivity (Wildman–Crippen MR) is 97.4 cm³/mol. The van der Waals surface area contributed by atoms with Crippen LogP contribution in [0.5, 0.6) is 0 Å². The predicted octanol–water partition coefficient (Wildman–Crippen LogP) is 7.02. The van der Waals surface area contributed by atoms with E-state index in [-0.39, 0.29) is 29.6 Å². The first kappa shape index (κ1) is 24.4. The van der Waals surface area contributed by atoms with Crippen molar-refractivity contribution in [3.05, 3.63) is 63.4 Å². The third-order valence-corrected chi connectivity index (χ3v) is 6.00. The molecule has 1 unspecified atom stereocenters. The van der Waals surface area contributed by atoms with E-state index >= 15 is 0 Å². The van der Waals surface area contributed by atoms with E-state index in [1.165, 1.54) is 0 Å². The second-order valence-corrected chi connectivity index (χ2v) is 8.32. The Bertz CT molecular complexity index is 1110. The van der Waals surface area contributed by atoms with Gasteiger partial charge >= 0.3 is 24.6 Å². The number of alkyl halides is 9. The normalized spacial score (nSPS) is 20.1. The molecule has 1 aliphatic carbocycles. The quantitative estimate of drug-likeness (QED) is 0.410. The van der Waals surface area contributed by atoms with Gasteiger partial charge < -0.3 is 4.74 Å². The Balaban J connectivity index is 1.72. The Morgan fingerprint density at radius 3 is 1.97 bits per heavy atom. The monoisotopic (exact) mass is 518 g/mol. The number of aromatic nitrogens is 1. The first-order valence-corrected chi connectivity index (χ1v) is 9.90. The minimum Gasteiger partial charge on any atom is -0.439 e. The summed E-state index contributed by atoms with van der Waals surface area (Å²) in [6, 6.07) is 2.43. The first-order valence-electron chi connectivity index (χ1n) is 9.53. The average molecular weight is 519 g/mol. The number of rotatable bonds is 3. The number of amides is 1. The maximum absolute atomic E-state index is 13.3. The van der Waals surface area contributed by atoms with Crippen LogP contribution in [0.15, 0.2) is 30.3 Å². The summed E-state index contributed by atoms with van der Waals surface area (Å²) in [5.41, 5.74) is -6.66. The molecule has 0 radical (unpaired) electrons. The van der Waals surface area contributed by atoms with Gasteiger partial charge in [-0.25, -0.2) is 9.78 Å². The number of nitrogens with zero attached hydrogens (tertiary/aromatic N) is 2. The zero-order valence-electron chi connectivity index (χ0n) is 16.6. The van der Waals surface area contributed by atoms with Gasteiger partial charge in [0.05, 0.1) is 33.9 Å². The molecule has 184 valence electrons. The summed E-state index contributed by atoms with van der Waals surface area (Å²) in [6.07, 6.45) is -17.4. The molecule has 1 saturated carbocycles. The Kier molecular flexibility index (Phi) is 5.50. The van der Waals surface area contributed by atoms with E-state index in [0.717, 1.165) is 11.0 Å². The second-order valence-electron chi connectivity index (χ2n) is 7.92. The molecule has 1 aromatic carbocycles. The molecular formula is C20H12ClF9N2O2. The Morgan fingerprint density at radius 2 is 1.50 bits per heavy atom. The maximum Gasteiger partial charge on any atom is 0.433 e. The molecule has 34 heavy (non-hydrogen) atoms. The minimum atomic E-state index is -5.11. The average Bonchev–Trinajstić information content (AvgIpc) is 3.44. The van der Waals surface area contributed by atoms with Gasteiger partial charge in [0, 0.05) is 0 Å². The molecule has 1 saturated heterocycles. The largest absolute Gasteiger partial charge is 0.439 e. The number of benzene rings is 1. The molecule has 4 nitrogen and oxygen atoms in total. The SMILES string of the molecule is O=C1OC(c2cc(C(F)(F)F)cc(C(F)(F)F)c2)C2(CC2)N1Cc1nc(C(F)(F)F)ccc1Cl. The van der Waals surface area contributed by atoms with Crippen molar-refractivity contribution in [1.82, 2.24) is 9.88 Å². The van der Waals surface area contributed by atoms with Gasteiger partial charge in [0.2, 0.25) is 0 Å². The van der Waals surface area contributed by atoms with E-state index in [1.54, 1.807) is 0 Å². The zero-order chi connectivity index (χ0) is 25.3. The van der Waals surface area contributed by atoms with Crippen LogP contribution in [0, 0.1) is 0 Å². The highest BCUT2D eigenvalue weighted by Gasteiger charge is 2.63. The molecule has 1 spiro atoms. The molecule has 14 heteroatoms. The van der Waals surface area contributed by atoms with Gasteiger partial charge in [0.1, 0.15) is 5.69 Å². The van der Waals surface area contributed by atoms with Gasteiger partial charge in [0.25, 0.3) is 0 Å². The fourth-order valence-electron chi connectivity index (χ4n) is 3.89. The zero-order valence-corrected chi connectivity index (χ0v) is 17.3. The van der Waals surface area contributed by atoms with Crippen LogP contribution in [0.3, 0.4) is 0 Å². The van der Waals surface area contributed by atoms with Gasteiger partial charge in [-0.2, -0.15) is 39.5 Å². The molecule has 0 N–H and O–H groups in total. The lowest BCUT2D eigenvalue weighted by atomic mass is 9.95. The lowest BCUT2D eigenvalue weighted by Gasteiger charge is -2.25. The van der Waals surface area contributed by atoms with Crippen molar-refractivity contribution in [3.63, 3.8) is 0 Å². The van der Waals surface area contributed by atoms with Gasteiger partial charge in [-0.1, -0.05) is 11.6 Å². The van der Waals surface area contributed by atoms with Crippen molar-refractivity contribution in [3.8, 4) is 0 Å². The smallest absolute Gasteiger partial charge is 0.433 e. The van der Waals surface area contributed by atoms with Crippen molar-refractivity contribution in [1.29, 1.82) is 0 Å². The van der Waals surface area contributed by atoms with E-state index in [9.17, 15) is 44.3 Å². The number of carbonyl (C=O) groups is 1. The van der Waals surface area contributed by atoms with Crippen molar-refractivity contribution in [2.75, 3.05) is 0 Å². The van der Waals surface area contributed by atoms with Crippen molar-refractivity contribution < 1.29 is 49.0 Å². The van der Waals surface area contributed by atoms with Gasteiger partial charge in [0.15, 0.2) is 6.10 Å². The van der Waals surface area contributed by atoms with Crippen LogP contribution in [-0.2, 0) is 29.8 Å². The number of ether oxygens (including phenoxy) is 1. The van der Waals surface area contributed by atoms with Crippen molar-refractivity contribution >= 4 is 17.7 Å². The number of cyclic esters (lactones) is 1. The Hall–Kier alpha value is -2.70. The topological polar surface area (TPSA) is 42.4 Å². The van der Waals surface area contributed by atoms with E-state index < -0.39 is 65.2 Å². The lowest BCUT2D eigenvalue weighted by molar-refractivity contribution is -0.143. The molecule has 2 fully saturated rings. The van der Waals surface area contributed by atoms with E-state index in [2.05, 4.69) is 4.98 Å². The Morgan fingerprint density at radius 1 is 0.941 bits per heavy atom. The summed E-state index contributed by atoms with van der Waals surface area (Å²) >= 11 is 5.92. The highest BCUT2D eigenvalue weighted by atomic mass is 35.5. The molecule has 4 rings (SSSR count). The van der Waals surface area contributed by atoms with E-state index in [4.69, 9.17) is 16.3 Å². The van der Waals surface area contributed by atoms with Crippen LogP contribution in [-0.4, -0.2) is 21.5 Å². The number of hydrogen-bond donors (Lipinski definition) is 0. The lowest BCUT2D eigenvalue weighted by Crippen LogP contribution is -2.36. The van der Waals surface area contributed by atoms with Crippen LogP contribution in [0.1, 0.15) is 47.0 Å². The highest BCUT2D eigenvalue weighted by molar-refractivity contribution is 6.31. The molecule has 1 aromatic heterocycles. The van der Waals surface area contributed by atoms with Crippen molar-refractivity contribution in [2.45, 2.75) is 49.6 Å². The third kappa shape index (κ3) is 4.37. The van der Waals surface area contributed by atoms with Gasteiger partial charge in [-0.05, 0) is 48.7 Å². The van der Waals surface area contributed by atoms with Gasteiger partial charge in [-0.3, -0.25) is 4.90 Å². The summed E-state index contributed by atoms with van der Waals surface area (Å²) in [6.45, 7) is -0.580. The van der Waals surface area contributed by atoms with Crippen LogP contribution >= 0.6 is 11.6 Å². The number of hydrogen-bond acceptors (Lipinski definition) is 3. The van der Waals surface area contributed by atoms with Gasteiger partial charge in [-0.15, -0.1) is 0 Å².